The maximum absolute atomic E-state index is 13.9. The summed E-state index contributed by atoms with van der Waals surface area (Å²) in [6.45, 7) is 1.68. The van der Waals surface area contributed by atoms with Crippen LogP contribution in [0.3, 0.4) is 0 Å². The van der Waals surface area contributed by atoms with Gasteiger partial charge < -0.3 is 13.9 Å². The summed E-state index contributed by atoms with van der Waals surface area (Å²) in [5.74, 6) is -2.43. The number of aromatic nitrogens is 2. The molecule has 2 rings (SSSR count). The fourth-order valence-electron chi connectivity index (χ4n) is 1.79. The van der Waals surface area contributed by atoms with Crippen LogP contribution in [-0.4, -0.2) is 29.5 Å². The predicted octanol–water partition coefficient (Wildman–Crippen LogP) is 1.14. The zero-order chi connectivity index (χ0) is 15.4. The third kappa shape index (κ3) is 2.93. The van der Waals surface area contributed by atoms with Crippen LogP contribution in [0.15, 0.2) is 33.5 Å². The smallest absolute Gasteiger partial charge is 0.440 e. The highest BCUT2D eigenvalue weighted by molar-refractivity contribution is 5.78. The molecule has 0 saturated heterocycles. The molecule has 0 amide bonds. The van der Waals surface area contributed by atoms with E-state index in [1.165, 1.54) is 31.4 Å². The van der Waals surface area contributed by atoms with E-state index in [0.29, 0.717) is 4.68 Å². The maximum Gasteiger partial charge on any atom is 0.440 e. The lowest BCUT2D eigenvalue weighted by Crippen LogP contribution is -2.31. The minimum absolute atomic E-state index is 0.0472. The molecule has 0 spiro atoms. The average molecular weight is 296 g/mol. The van der Waals surface area contributed by atoms with E-state index in [4.69, 9.17) is 4.74 Å². The Bertz CT molecular complexity index is 694. The zero-order valence-electron chi connectivity index (χ0n) is 11.4. The van der Waals surface area contributed by atoms with Crippen LogP contribution < -0.4 is 10.5 Å². The first-order valence-electron chi connectivity index (χ1n) is 6.13. The lowest BCUT2D eigenvalue weighted by atomic mass is 10.1. The van der Waals surface area contributed by atoms with Crippen LogP contribution in [0.5, 0.6) is 6.08 Å². The number of benzene rings is 1. The molecule has 1 atom stereocenters. The number of ether oxygens (including phenoxy) is 2. The Hall–Kier alpha value is -2.64. The van der Waals surface area contributed by atoms with Gasteiger partial charge in [-0.2, -0.15) is 4.68 Å². The standard InChI is InChI=1S/C13H13FN2O5/c1-3-20-11(17)10(8-6-4-5-7-9(8)14)16-13(18)21-12(15-16)19-2/h4-7,10H,3H2,1-2H3. The SMILES string of the molecule is CCOC(=O)C(c1ccccc1F)n1nc(OC)oc1=O. The Morgan fingerprint density at radius 1 is 1.48 bits per heavy atom. The summed E-state index contributed by atoms with van der Waals surface area (Å²) in [7, 11) is 1.25. The molecule has 112 valence electrons. The summed E-state index contributed by atoms with van der Waals surface area (Å²) in [5, 5.41) is 3.70. The number of hydrogen-bond acceptors (Lipinski definition) is 6. The van der Waals surface area contributed by atoms with Crippen LogP contribution in [0, 0.1) is 5.82 Å². The molecule has 1 unspecified atom stereocenters. The summed E-state index contributed by atoms with van der Waals surface area (Å²) in [6, 6.07) is 4.15. The van der Waals surface area contributed by atoms with Gasteiger partial charge in [-0.15, -0.1) is 0 Å². The van der Waals surface area contributed by atoms with E-state index >= 15 is 0 Å². The Kier molecular flexibility index (Phi) is 4.36. The van der Waals surface area contributed by atoms with E-state index in [9.17, 15) is 14.0 Å². The number of nitrogens with zero attached hydrogens (tertiary/aromatic N) is 2. The van der Waals surface area contributed by atoms with Crippen LogP contribution in [0.2, 0.25) is 0 Å². The molecular weight excluding hydrogens is 283 g/mol. The summed E-state index contributed by atoms with van der Waals surface area (Å²) >= 11 is 0. The number of esters is 1. The largest absolute Gasteiger partial charge is 0.464 e. The molecule has 0 radical (unpaired) electrons. The van der Waals surface area contributed by atoms with Gasteiger partial charge >= 0.3 is 17.8 Å². The Morgan fingerprint density at radius 3 is 2.76 bits per heavy atom. The van der Waals surface area contributed by atoms with Gasteiger partial charge in [-0.05, 0) is 13.0 Å². The van der Waals surface area contributed by atoms with Crippen LogP contribution in [0.25, 0.3) is 0 Å². The minimum atomic E-state index is -1.38. The van der Waals surface area contributed by atoms with Gasteiger partial charge in [0.25, 0.3) is 0 Å². The second-order valence-corrected chi connectivity index (χ2v) is 3.96. The van der Waals surface area contributed by atoms with Crippen LogP contribution >= 0.6 is 0 Å². The third-order valence-electron chi connectivity index (χ3n) is 2.68. The average Bonchev–Trinajstić information content (AvgIpc) is 2.83. The van der Waals surface area contributed by atoms with Gasteiger partial charge in [-0.25, -0.2) is 14.0 Å². The number of hydrogen-bond donors (Lipinski definition) is 0. The second kappa shape index (κ2) is 6.21. The molecule has 7 nitrogen and oxygen atoms in total. The monoisotopic (exact) mass is 296 g/mol. The van der Waals surface area contributed by atoms with E-state index in [-0.39, 0.29) is 18.2 Å². The van der Waals surface area contributed by atoms with E-state index in [0.717, 1.165) is 0 Å². The molecular formula is C13H13FN2O5. The van der Waals surface area contributed by atoms with Crippen molar-refractivity contribution in [2.75, 3.05) is 13.7 Å². The first-order chi connectivity index (χ1) is 10.1. The predicted molar refractivity (Wildman–Crippen MR) is 68.5 cm³/mol. The van der Waals surface area contributed by atoms with Crippen LogP contribution in [0.1, 0.15) is 18.5 Å². The van der Waals surface area contributed by atoms with Gasteiger partial charge in [0.05, 0.1) is 13.7 Å². The van der Waals surface area contributed by atoms with Gasteiger partial charge in [0.2, 0.25) is 0 Å². The first-order valence-corrected chi connectivity index (χ1v) is 6.13. The summed E-state index contributed by atoms with van der Waals surface area (Å²) in [6.07, 6.45) is -0.328. The highest BCUT2D eigenvalue weighted by Gasteiger charge is 2.31. The topological polar surface area (TPSA) is 83.6 Å². The molecule has 0 fully saturated rings. The van der Waals surface area contributed by atoms with E-state index in [1.807, 2.05) is 0 Å². The molecule has 1 aromatic carbocycles. The highest BCUT2D eigenvalue weighted by atomic mass is 19.1. The molecule has 0 N–H and O–H groups in total. The quantitative estimate of drug-likeness (QED) is 0.769. The lowest BCUT2D eigenvalue weighted by molar-refractivity contribution is -0.146. The Balaban J connectivity index is 2.56. The lowest BCUT2D eigenvalue weighted by Gasteiger charge is -2.15. The molecule has 2 aromatic rings. The van der Waals surface area contributed by atoms with E-state index in [2.05, 4.69) is 14.3 Å². The molecule has 0 aliphatic carbocycles. The van der Waals surface area contributed by atoms with Crippen molar-refractivity contribution in [2.45, 2.75) is 13.0 Å². The molecule has 1 heterocycles. The van der Waals surface area contributed by atoms with E-state index in [1.54, 1.807) is 6.92 Å². The molecule has 0 aliphatic heterocycles. The van der Waals surface area contributed by atoms with Gasteiger partial charge in [0.15, 0.2) is 6.04 Å². The van der Waals surface area contributed by atoms with Crippen molar-refractivity contribution >= 4 is 5.97 Å². The minimum Gasteiger partial charge on any atom is -0.464 e. The van der Waals surface area contributed by atoms with Crippen molar-refractivity contribution in [3.05, 3.63) is 46.2 Å². The van der Waals surface area contributed by atoms with Crippen molar-refractivity contribution < 1.29 is 23.1 Å². The summed E-state index contributed by atoms with van der Waals surface area (Å²) in [5.41, 5.74) is -0.0472. The van der Waals surface area contributed by atoms with Gasteiger partial charge in [0.1, 0.15) is 5.82 Å². The van der Waals surface area contributed by atoms with Gasteiger partial charge in [0, 0.05) is 5.56 Å². The van der Waals surface area contributed by atoms with Gasteiger partial charge in [-0.1, -0.05) is 23.3 Å². The van der Waals surface area contributed by atoms with Crippen molar-refractivity contribution in [3.8, 4) is 6.08 Å². The molecule has 0 bridgehead atoms. The van der Waals surface area contributed by atoms with Crippen molar-refractivity contribution in [1.82, 2.24) is 9.78 Å². The normalized spacial score (nSPS) is 12.0. The number of rotatable bonds is 5. The molecule has 8 heteroatoms. The molecule has 0 saturated carbocycles. The second-order valence-electron chi connectivity index (χ2n) is 3.96. The Labute approximate surface area is 118 Å². The maximum atomic E-state index is 13.9. The molecule has 0 aliphatic rings. The molecule has 1 aromatic heterocycles. The van der Waals surface area contributed by atoms with Crippen LogP contribution in [-0.2, 0) is 9.53 Å². The number of carbonyl (C=O) groups excluding carboxylic acids is 1. The van der Waals surface area contributed by atoms with Crippen LogP contribution in [0.4, 0.5) is 4.39 Å². The summed E-state index contributed by atoms with van der Waals surface area (Å²) < 4.78 is 28.9. The highest BCUT2D eigenvalue weighted by Crippen LogP contribution is 2.22. The van der Waals surface area contributed by atoms with Crippen molar-refractivity contribution in [3.63, 3.8) is 0 Å². The number of methoxy groups -OCH3 is 1. The van der Waals surface area contributed by atoms with Crippen molar-refractivity contribution in [1.29, 1.82) is 0 Å². The van der Waals surface area contributed by atoms with E-state index < -0.39 is 23.6 Å². The third-order valence-corrected chi connectivity index (χ3v) is 2.68. The first kappa shape index (κ1) is 14.8. The number of carbonyl (C=O) groups is 1. The Morgan fingerprint density at radius 2 is 2.19 bits per heavy atom. The van der Waals surface area contributed by atoms with Crippen molar-refractivity contribution in [2.24, 2.45) is 0 Å². The fourth-order valence-corrected chi connectivity index (χ4v) is 1.79. The summed E-state index contributed by atoms with van der Waals surface area (Å²) in [4.78, 5) is 23.8. The zero-order valence-corrected chi connectivity index (χ0v) is 11.4. The fraction of sp³-hybridized carbons (Fsp3) is 0.308. The van der Waals surface area contributed by atoms with Gasteiger partial charge in [-0.3, -0.25) is 0 Å². The molecule has 21 heavy (non-hydrogen) atoms. The number of halogens is 1.